The molecule has 1 saturated carbocycles. The highest BCUT2D eigenvalue weighted by atomic mass is 16.3. The van der Waals surface area contributed by atoms with Crippen LogP contribution in [0.25, 0.3) is 0 Å². The van der Waals surface area contributed by atoms with Crippen LogP contribution in [0, 0.1) is 11.3 Å². The number of hydrogen-bond acceptors (Lipinski definition) is 2. The average molecular weight is 197 g/mol. The van der Waals surface area contributed by atoms with Crippen LogP contribution in [0.15, 0.2) is 0 Å². The first-order valence-electron chi connectivity index (χ1n) is 5.89. The molecular weight excluding hydrogens is 174 g/mol. The fourth-order valence-electron chi connectivity index (χ4n) is 2.75. The lowest BCUT2D eigenvalue weighted by atomic mass is 9.88. The van der Waals surface area contributed by atoms with E-state index in [1.807, 2.05) is 0 Å². The Bertz CT molecular complexity index is 209. The largest absolute Gasteiger partial charge is 0.391 e. The topological polar surface area (TPSA) is 23.5 Å². The fraction of sp³-hybridized carbons (Fsp3) is 1.00. The second-order valence-electron chi connectivity index (χ2n) is 6.17. The van der Waals surface area contributed by atoms with Gasteiger partial charge in [0, 0.05) is 19.1 Å². The highest BCUT2D eigenvalue weighted by Crippen LogP contribution is 2.38. The zero-order valence-corrected chi connectivity index (χ0v) is 9.66. The van der Waals surface area contributed by atoms with E-state index in [2.05, 4.69) is 25.7 Å². The summed E-state index contributed by atoms with van der Waals surface area (Å²) in [7, 11) is 0. The molecule has 3 unspecified atom stereocenters. The van der Waals surface area contributed by atoms with Gasteiger partial charge in [-0.1, -0.05) is 20.8 Å². The number of fused-ring (bicyclic) bond motifs is 2. The molecule has 2 nitrogen and oxygen atoms in total. The Kier molecular flexibility index (Phi) is 2.61. The Balaban J connectivity index is 1.87. The molecule has 2 rings (SSSR count). The van der Waals surface area contributed by atoms with E-state index < -0.39 is 0 Å². The van der Waals surface area contributed by atoms with E-state index in [1.165, 1.54) is 25.8 Å². The summed E-state index contributed by atoms with van der Waals surface area (Å²) >= 11 is 0. The Morgan fingerprint density at radius 3 is 2.50 bits per heavy atom. The number of β-amino-alcohol motifs (C(OH)–C–C–N with tert-alkyl or cyclic N) is 1. The van der Waals surface area contributed by atoms with Gasteiger partial charge in [-0.05, 0) is 30.6 Å². The van der Waals surface area contributed by atoms with Crippen LogP contribution in [-0.4, -0.2) is 35.2 Å². The molecule has 3 atom stereocenters. The van der Waals surface area contributed by atoms with Crippen LogP contribution in [0.4, 0.5) is 0 Å². The molecule has 2 heteroatoms. The van der Waals surface area contributed by atoms with E-state index in [-0.39, 0.29) is 11.5 Å². The van der Waals surface area contributed by atoms with E-state index in [0.717, 1.165) is 18.5 Å². The van der Waals surface area contributed by atoms with E-state index in [4.69, 9.17) is 0 Å². The summed E-state index contributed by atoms with van der Waals surface area (Å²) in [6.07, 6.45) is 3.99. The average Bonchev–Trinajstić information content (AvgIpc) is 2.62. The molecule has 0 spiro atoms. The maximum absolute atomic E-state index is 10.0. The van der Waals surface area contributed by atoms with E-state index in [0.29, 0.717) is 0 Å². The molecule has 0 amide bonds. The molecule has 2 bridgehead atoms. The van der Waals surface area contributed by atoms with Gasteiger partial charge >= 0.3 is 0 Å². The molecule has 1 aliphatic heterocycles. The van der Waals surface area contributed by atoms with Crippen molar-refractivity contribution in [2.45, 2.75) is 52.2 Å². The summed E-state index contributed by atoms with van der Waals surface area (Å²) in [5.74, 6) is 0.937. The molecule has 0 aromatic carbocycles. The van der Waals surface area contributed by atoms with Crippen LogP contribution < -0.4 is 0 Å². The van der Waals surface area contributed by atoms with Crippen LogP contribution in [-0.2, 0) is 0 Å². The van der Waals surface area contributed by atoms with E-state index in [1.54, 1.807) is 0 Å². The van der Waals surface area contributed by atoms with E-state index >= 15 is 0 Å². The Labute approximate surface area is 87.3 Å². The van der Waals surface area contributed by atoms with Crippen molar-refractivity contribution in [2.75, 3.05) is 13.1 Å². The summed E-state index contributed by atoms with van der Waals surface area (Å²) in [6.45, 7) is 8.46. The second-order valence-corrected chi connectivity index (χ2v) is 6.17. The van der Waals surface area contributed by atoms with E-state index in [9.17, 15) is 5.11 Å². The molecule has 0 radical (unpaired) electrons. The smallest absolute Gasteiger partial charge is 0.0715 e. The highest BCUT2D eigenvalue weighted by molar-refractivity contribution is 4.93. The Morgan fingerprint density at radius 1 is 1.36 bits per heavy atom. The number of hydrogen-bond donors (Lipinski definition) is 1. The summed E-state index contributed by atoms with van der Waals surface area (Å²) in [4.78, 5) is 2.50. The molecule has 1 saturated heterocycles. The first-order chi connectivity index (χ1) is 6.47. The molecular formula is C12H23NO. The predicted octanol–water partition coefficient (Wildman–Crippen LogP) is 1.88. The van der Waals surface area contributed by atoms with Gasteiger partial charge in [-0.2, -0.15) is 0 Å². The van der Waals surface area contributed by atoms with Crippen LogP contribution in [0.5, 0.6) is 0 Å². The minimum absolute atomic E-state index is 0.0296. The number of rotatable bonds is 2. The Hall–Kier alpha value is -0.0800. The Morgan fingerprint density at radius 2 is 2.07 bits per heavy atom. The summed E-state index contributed by atoms with van der Waals surface area (Å²) < 4.78 is 0. The van der Waals surface area contributed by atoms with Gasteiger partial charge in [0.25, 0.3) is 0 Å². The van der Waals surface area contributed by atoms with Crippen molar-refractivity contribution in [3.63, 3.8) is 0 Å². The fourth-order valence-corrected chi connectivity index (χ4v) is 2.75. The number of piperidine rings is 1. The van der Waals surface area contributed by atoms with Crippen molar-refractivity contribution >= 4 is 0 Å². The van der Waals surface area contributed by atoms with Crippen molar-refractivity contribution in [1.82, 2.24) is 4.90 Å². The van der Waals surface area contributed by atoms with Crippen molar-refractivity contribution in [1.29, 1.82) is 0 Å². The van der Waals surface area contributed by atoms with Crippen LogP contribution in [0.1, 0.15) is 40.0 Å². The molecule has 1 aliphatic carbocycles. The molecule has 2 fully saturated rings. The summed E-state index contributed by atoms with van der Waals surface area (Å²) in [5.41, 5.74) is 0.0296. The lowest BCUT2D eigenvalue weighted by molar-refractivity contribution is 0.0199. The van der Waals surface area contributed by atoms with Gasteiger partial charge in [-0.15, -0.1) is 0 Å². The zero-order valence-electron chi connectivity index (χ0n) is 9.66. The van der Waals surface area contributed by atoms with Crippen LogP contribution in [0.2, 0.25) is 0 Å². The van der Waals surface area contributed by atoms with Gasteiger partial charge in [0.15, 0.2) is 0 Å². The third kappa shape index (κ3) is 1.96. The lowest BCUT2D eigenvalue weighted by Crippen LogP contribution is -2.42. The van der Waals surface area contributed by atoms with Crippen LogP contribution in [0.3, 0.4) is 0 Å². The van der Waals surface area contributed by atoms with Crippen molar-refractivity contribution in [2.24, 2.45) is 11.3 Å². The molecule has 0 aromatic heterocycles. The second kappa shape index (κ2) is 3.49. The third-order valence-electron chi connectivity index (χ3n) is 3.93. The van der Waals surface area contributed by atoms with Gasteiger partial charge in [0.2, 0.25) is 0 Å². The number of likely N-dealkylation sites (tertiary alicyclic amines) is 1. The SMILES string of the molecule is CC(C)(C)C(O)CN1CC2CCC1C2. The molecule has 1 N–H and O–H groups in total. The van der Waals surface area contributed by atoms with Gasteiger partial charge in [0.1, 0.15) is 0 Å². The minimum atomic E-state index is -0.179. The minimum Gasteiger partial charge on any atom is -0.391 e. The monoisotopic (exact) mass is 197 g/mol. The highest BCUT2D eigenvalue weighted by Gasteiger charge is 2.39. The van der Waals surface area contributed by atoms with Gasteiger partial charge in [-0.25, -0.2) is 0 Å². The number of aliphatic hydroxyl groups excluding tert-OH is 1. The summed E-state index contributed by atoms with van der Waals surface area (Å²) in [6, 6.07) is 0.789. The lowest BCUT2D eigenvalue weighted by Gasteiger charge is -2.34. The maximum atomic E-state index is 10.0. The van der Waals surface area contributed by atoms with Crippen molar-refractivity contribution in [3.8, 4) is 0 Å². The molecule has 2 aliphatic rings. The first kappa shape index (κ1) is 10.4. The molecule has 1 heterocycles. The standard InChI is InChI=1S/C12H23NO/c1-12(2,3)11(14)8-13-7-9-4-5-10(13)6-9/h9-11,14H,4-8H2,1-3H3. The third-order valence-corrected chi connectivity index (χ3v) is 3.93. The zero-order chi connectivity index (χ0) is 10.3. The van der Waals surface area contributed by atoms with Crippen molar-refractivity contribution < 1.29 is 5.11 Å². The van der Waals surface area contributed by atoms with Gasteiger partial charge in [0.05, 0.1) is 6.10 Å². The molecule has 14 heavy (non-hydrogen) atoms. The molecule has 0 aromatic rings. The predicted molar refractivity (Wildman–Crippen MR) is 58.2 cm³/mol. The number of nitrogens with zero attached hydrogens (tertiary/aromatic N) is 1. The van der Waals surface area contributed by atoms with Gasteiger partial charge < -0.3 is 5.11 Å². The molecule has 82 valence electrons. The van der Waals surface area contributed by atoms with Crippen molar-refractivity contribution in [3.05, 3.63) is 0 Å². The maximum Gasteiger partial charge on any atom is 0.0715 e. The quantitative estimate of drug-likeness (QED) is 0.730. The van der Waals surface area contributed by atoms with Crippen LogP contribution >= 0.6 is 0 Å². The normalized spacial score (nSPS) is 35.1. The number of aliphatic hydroxyl groups is 1. The van der Waals surface area contributed by atoms with Gasteiger partial charge in [-0.3, -0.25) is 4.90 Å². The summed E-state index contributed by atoms with van der Waals surface area (Å²) in [5, 5.41) is 10.0. The first-order valence-corrected chi connectivity index (χ1v) is 5.89.